The molecule has 0 radical (unpaired) electrons. The Morgan fingerprint density at radius 2 is 1.95 bits per heavy atom. The van der Waals surface area contributed by atoms with Crippen LogP contribution in [0.3, 0.4) is 0 Å². The van der Waals surface area contributed by atoms with Gasteiger partial charge in [-0.05, 0) is 73.1 Å². The number of fused-ring (bicyclic) bond motifs is 1. The van der Waals surface area contributed by atoms with Gasteiger partial charge in [0.25, 0.3) is 5.91 Å². The van der Waals surface area contributed by atoms with E-state index in [4.69, 9.17) is 4.74 Å². The summed E-state index contributed by atoms with van der Waals surface area (Å²) in [7, 11) is 1.65. The zero-order valence-corrected chi connectivity index (χ0v) is 20.9. The maximum Gasteiger partial charge on any atom is 0.323 e. The number of aryl methyl sites for hydroxylation is 1. The van der Waals surface area contributed by atoms with E-state index in [1.807, 2.05) is 36.4 Å². The van der Waals surface area contributed by atoms with Crippen molar-refractivity contribution < 1.29 is 19.1 Å². The van der Waals surface area contributed by atoms with Crippen molar-refractivity contribution in [2.75, 3.05) is 20.2 Å². The van der Waals surface area contributed by atoms with E-state index in [9.17, 15) is 14.4 Å². The van der Waals surface area contributed by atoms with E-state index < -0.39 is 17.5 Å². The molecule has 3 aliphatic rings. The van der Waals surface area contributed by atoms with E-state index >= 15 is 0 Å². The largest absolute Gasteiger partial charge is 0.497 e. The first-order chi connectivity index (χ1) is 18.0. The molecule has 2 aromatic carbocycles. The molecule has 2 aromatic rings. The smallest absolute Gasteiger partial charge is 0.323 e. The lowest BCUT2D eigenvalue weighted by Crippen LogP contribution is -2.53. The van der Waals surface area contributed by atoms with Crippen molar-refractivity contribution in [2.24, 2.45) is 0 Å². The van der Waals surface area contributed by atoms with Gasteiger partial charge >= 0.3 is 6.03 Å². The first-order valence-corrected chi connectivity index (χ1v) is 12.6. The van der Waals surface area contributed by atoms with Crippen LogP contribution in [0.25, 0.3) is 5.70 Å². The molecule has 8 nitrogen and oxygen atoms in total. The predicted molar refractivity (Wildman–Crippen MR) is 139 cm³/mol. The Morgan fingerprint density at radius 1 is 1.14 bits per heavy atom. The van der Waals surface area contributed by atoms with Crippen molar-refractivity contribution in [1.82, 2.24) is 20.9 Å². The zero-order valence-electron chi connectivity index (χ0n) is 20.9. The summed E-state index contributed by atoms with van der Waals surface area (Å²) in [5.41, 5.74) is 5.36. The number of hydrogen-bond acceptors (Lipinski definition) is 5. The third-order valence-electron chi connectivity index (χ3n) is 6.95. The number of methoxy groups -OCH3 is 1. The number of amides is 4. The van der Waals surface area contributed by atoms with E-state index in [1.165, 1.54) is 16.7 Å². The molecule has 2 heterocycles. The van der Waals surface area contributed by atoms with Crippen LogP contribution in [0.1, 0.15) is 47.9 Å². The van der Waals surface area contributed by atoms with E-state index in [0.717, 1.165) is 61.1 Å². The first kappa shape index (κ1) is 24.4. The average Bonchev–Trinajstić information content (AvgIpc) is 3.61. The Bertz CT molecular complexity index is 1320. The lowest BCUT2D eigenvalue weighted by molar-refractivity contribution is -0.122. The number of carbonyl (C=O) groups is 3. The Morgan fingerprint density at radius 3 is 2.62 bits per heavy atom. The lowest BCUT2D eigenvalue weighted by Gasteiger charge is -2.29. The molecule has 4 amide bonds. The number of allylic oxidation sites excluding steroid dienone is 1. The fourth-order valence-electron chi connectivity index (χ4n) is 4.91. The molecule has 190 valence electrons. The number of benzene rings is 2. The van der Waals surface area contributed by atoms with Gasteiger partial charge in [0.05, 0.1) is 13.7 Å². The molecule has 0 aromatic heterocycles. The summed E-state index contributed by atoms with van der Waals surface area (Å²) >= 11 is 0. The number of carbonyl (C=O) groups excluding carboxylic acids is 3. The molecule has 5 rings (SSSR count). The predicted octanol–water partition coefficient (Wildman–Crippen LogP) is 2.71. The van der Waals surface area contributed by atoms with Crippen LogP contribution in [0.5, 0.6) is 5.75 Å². The monoisotopic (exact) mass is 498 g/mol. The number of nitrogens with zero attached hydrogens (tertiary/aromatic N) is 1. The van der Waals surface area contributed by atoms with Crippen LogP contribution in [0, 0.1) is 11.8 Å². The van der Waals surface area contributed by atoms with Gasteiger partial charge in [-0.3, -0.25) is 14.9 Å². The highest BCUT2D eigenvalue weighted by molar-refractivity contribution is 6.09. The molecule has 1 atom stereocenters. The molecule has 3 N–H and O–H groups in total. The van der Waals surface area contributed by atoms with Crippen LogP contribution in [-0.4, -0.2) is 49.0 Å². The summed E-state index contributed by atoms with van der Waals surface area (Å²) in [6.07, 6.45) is 5.58. The third-order valence-corrected chi connectivity index (χ3v) is 6.95. The Hall–Kier alpha value is -4.25. The van der Waals surface area contributed by atoms with Crippen LogP contribution in [-0.2, 0) is 22.6 Å². The highest BCUT2D eigenvalue weighted by atomic mass is 16.5. The molecule has 0 spiro atoms. The summed E-state index contributed by atoms with van der Waals surface area (Å²) < 4.78 is 5.44. The number of rotatable bonds is 9. The first-order valence-electron chi connectivity index (χ1n) is 12.6. The number of nitrogens with one attached hydrogen (secondary N) is 3. The molecule has 1 aliphatic carbocycles. The number of urea groups is 1. The minimum atomic E-state index is -1.35. The maximum absolute atomic E-state index is 13.0. The average molecular weight is 499 g/mol. The SMILES string of the molecule is COc1ccc2c(c1)C(=C1CC1)N(C[C@@]1(C#Cc3ccc(CCCCNC=O)cc3)NC(=O)NC1=O)C2. The van der Waals surface area contributed by atoms with Crippen molar-refractivity contribution in [3.8, 4) is 17.6 Å². The highest BCUT2D eigenvalue weighted by Gasteiger charge is 2.48. The molecule has 0 unspecified atom stereocenters. The third kappa shape index (κ3) is 5.31. The molecular weight excluding hydrogens is 468 g/mol. The molecule has 0 bridgehead atoms. The summed E-state index contributed by atoms with van der Waals surface area (Å²) in [5, 5.41) is 7.86. The minimum absolute atomic E-state index is 0.250. The van der Waals surface area contributed by atoms with E-state index in [2.05, 4.69) is 38.8 Å². The van der Waals surface area contributed by atoms with Crippen molar-refractivity contribution in [3.63, 3.8) is 0 Å². The van der Waals surface area contributed by atoms with Crippen LogP contribution in [0.4, 0.5) is 4.79 Å². The second kappa shape index (κ2) is 10.4. The fraction of sp³-hybridized carbons (Fsp3) is 0.345. The van der Waals surface area contributed by atoms with E-state index in [0.29, 0.717) is 13.1 Å². The lowest BCUT2D eigenvalue weighted by atomic mass is 9.98. The van der Waals surface area contributed by atoms with Gasteiger partial charge in [0.2, 0.25) is 11.9 Å². The highest BCUT2D eigenvalue weighted by Crippen LogP contribution is 2.45. The number of unbranched alkanes of at least 4 members (excludes halogenated alkanes) is 1. The summed E-state index contributed by atoms with van der Waals surface area (Å²) in [6.45, 7) is 1.57. The van der Waals surface area contributed by atoms with Crippen LogP contribution < -0.4 is 20.7 Å². The van der Waals surface area contributed by atoms with Gasteiger partial charge in [-0.25, -0.2) is 4.79 Å². The molecular formula is C29H30N4O4. The summed E-state index contributed by atoms with van der Waals surface area (Å²) in [4.78, 5) is 37.7. The Kier molecular flexibility index (Phi) is 6.87. The number of imide groups is 1. The molecule has 8 heteroatoms. The fourth-order valence-corrected chi connectivity index (χ4v) is 4.91. The second-order valence-electron chi connectivity index (χ2n) is 9.62. The normalized spacial score (nSPS) is 19.5. The molecule has 2 fully saturated rings. The Balaban J connectivity index is 1.35. The van der Waals surface area contributed by atoms with Gasteiger partial charge in [-0.15, -0.1) is 0 Å². The Labute approximate surface area is 216 Å². The standard InChI is InChI=1S/C29H30N4O4/c1-37-24-12-11-23-17-33(26(22-9-10-22)25(23)16-24)18-29(27(35)31-28(36)32-29)14-13-21-7-5-20(6-8-21)4-2-3-15-30-19-34/h5-8,11-12,16,19H,2-4,9-10,15,17-18H2,1H3,(H,30,34)(H2,31,32,35,36)/t29-/m1/s1. The number of ether oxygens (including phenoxy) is 1. The summed E-state index contributed by atoms with van der Waals surface area (Å²) in [5.74, 6) is 6.60. The maximum atomic E-state index is 13.0. The minimum Gasteiger partial charge on any atom is -0.497 e. The van der Waals surface area contributed by atoms with Gasteiger partial charge in [0.1, 0.15) is 5.75 Å². The van der Waals surface area contributed by atoms with Crippen LogP contribution in [0.2, 0.25) is 0 Å². The van der Waals surface area contributed by atoms with Gasteiger partial charge in [-0.2, -0.15) is 0 Å². The van der Waals surface area contributed by atoms with Crippen LogP contribution >= 0.6 is 0 Å². The quantitative estimate of drug-likeness (QED) is 0.214. The van der Waals surface area contributed by atoms with E-state index in [1.54, 1.807) is 7.11 Å². The van der Waals surface area contributed by atoms with Gasteiger partial charge < -0.3 is 20.3 Å². The van der Waals surface area contributed by atoms with Crippen molar-refractivity contribution in [3.05, 3.63) is 70.3 Å². The zero-order chi connectivity index (χ0) is 25.8. The molecule has 1 saturated heterocycles. The van der Waals surface area contributed by atoms with Gasteiger partial charge in [0.15, 0.2) is 0 Å². The van der Waals surface area contributed by atoms with Crippen molar-refractivity contribution in [2.45, 2.75) is 44.2 Å². The van der Waals surface area contributed by atoms with Crippen LogP contribution in [0.15, 0.2) is 48.0 Å². The molecule has 1 saturated carbocycles. The molecule has 2 aliphatic heterocycles. The molecule has 37 heavy (non-hydrogen) atoms. The van der Waals surface area contributed by atoms with Gasteiger partial charge in [-0.1, -0.05) is 30.0 Å². The van der Waals surface area contributed by atoms with E-state index in [-0.39, 0.29) is 6.54 Å². The topological polar surface area (TPSA) is 99.8 Å². The van der Waals surface area contributed by atoms with Crippen molar-refractivity contribution in [1.29, 1.82) is 0 Å². The second-order valence-corrected chi connectivity index (χ2v) is 9.62. The summed E-state index contributed by atoms with van der Waals surface area (Å²) in [6, 6.07) is 13.4. The van der Waals surface area contributed by atoms with Crippen molar-refractivity contribution >= 4 is 24.0 Å². The van der Waals surface area contributed by atoms with Gasteiger partial charge in [0, 0.05) is 29.9 Å². The number of hydrogen-bond donors (Lipinski definition) is 3.